The Hall–Kier alpha value is -1.10. The molecule has 0 N–H and O–H groups in total. The number of rotatable bonds is 4. The van der Waals surface area contributed by atoms with Gasteiger partial charge >= 0.3 is 0 Å². The molecule has 18 heavy (non-hydrogen) atoms. The summed E-state index contributed by atoms with van der Waals surface area (Å²) >= 11 is 12.9. The molecule has 1 aromatic carbocycles. The largest absolute Gasteiger partial charge is 0.347 e. The van der Waals surface area contributed by atoms with Crippen LogP contribution in [0.5, 0.6) is 0 Å². The molecule has 0 aliphatic heterocycles. The Morgan fingerprint density at radius 3 is 2.56 bits per heavy atom. The topological polar surface area (TPSA) is 33.2 Å². The maximum atomic E-state index is 10.7. The van der Waals surface area contributed by atoms with Crippen LogP contribution in [0.25, 0.3) is 0 Å². The number of benzene rings is 1. The summed E-state index contributed by atoms with van der Waals surface area (Å²) < 4.78 is 0. The molecule has 0 saturated heterocycles. The van der Waals surface area contributed by atoms with Gasteiger partial charge in [-0.25, -0.2) is 4.98 Å². The van der Waals surface area contributed by atoms with E-state index in [1.165, 1.54) is 11.3 Å². The van der Waals surface area contributed by atoms with E-state index < -0.39 is 0 Å². The standard InChI is InChI=1S/C12H10Cl2N2OS/c1-16(6-8-2-4-9(13)5-3-8)12-15-11(14)10(7-17)18-12/h2-5,7H,6H2,1H3. The molecule has 0 unspecified atom stereocenters. The fraction of sp³-hybridized carbons (Fsp3) is 0.167. The SMILES string of the molecule is CN(Cc1ccc(Cl)cc1)c1nc(Cl)c(C=O)s1. The normalized spacial score (nSPS) is 10.4. The molecule has 0 saturated carbocycles. The van der Waals surface area contributed by atoms with Crippen LogP contribution < -0.4 is 4.90 Å². The summed E-state index contributed by atoms with van der Waals surface area (Å²) in [5.74, 6) is 0. The maximum Gasteiger partial charge on any atom is 0.187 e. The van der Waals surface area contributed by atoms with Gasteiger partial charge in [0, 0.05) is 18.6 Å². The molecule has 0 aliphatic carbocycles. The Balaban J connectivity index is 2.13. The zero-order valence-electron chi connectivity index (χ0n) is 9.56. The molecule has 94 valence electrons. The van der Waals surface area contributed by atoms with Crippen molar-refractivity contribution in [2.45, 2.75) is 6.54 Å². The number of carbonyl (C=O) groups excluding carboxylic acids is 1. The number of anilines is 1. The highest BCUT2D eigenvalue weighted by molar-refractivity contribution is 7.17. The number of halogens is 2. The molecule has 2 rings (SSSR count). The van der Waals surface area contributed by atoms with E-state index in [-0.39, 0.29) is 5.15 Å². The number of thiazole rings is 1. The highest BCUT2D eigenvalue weighted by Gasteiger charge is 2.12. The number of nitrogens with zero attached hydrogens (tertiary/aromatic N) is 2. The molecule has 1 aromatic heterocycles. The molecular formula is C12H10Cl2N2OS. The average Bonchev–Trinajstić information content (AvgIpc) is 2.73. The van der Waals surface area contributed by atoms with Crippen molar-refractivity contribution in [1.29, 1.82) is 0 Å². The smallest absolute Gasteiger partial charge is 0.187 e. The van der Waals surface area contributed by atoms with Gasteiger partial charge in [-0.3, -0.25) is 4.79 Å². The summed E-state index contributed by atoms with van der Waals surface area (Å²) in [7, 11) is 1.90. The first-order chi connectivity index (χ1) is 8.60. The summed E-state index contributed by atoms with van der Waals surface area (Å²) in [6.45, 7) is 0.680. The lowest BCUT2D eigenvalue weighted by molar-refractivity contribution is 0.112. The van der Waals surface area contributed by atoms with Gasteiger partial charge in [0.05, 0.1) is 0 Å². The van der Waals surface area contributed by atoms with E-state index in [1.807, 2.05) is 36.2 Å². The zero-order chi connectivity index (χ0) is 13.1. The van der Waals surface area contributed by atoms with Crippen molar-refractivity contribution in [3.63, 3.8) is 0 Å². The number of hydrogen-bond donors (Lipinski definition) is 0. The molecule has 0 atom stereocenters. The van der Waals surface area contributed by atoms with Crippen molar-refractivity contribution in [2.75, 3.05) is 11.9 Å². The Kier molecular flexibility index (Phi) is 4.22. The Bertz CT molecular complexity index is 554. The number of carbonyl (C=O) groups is 1. The molecule has 2 aromatic rings. The van der Waals surface area contributed by atoms with Crippen molar-refractivity contribution in [3.05, 3.63) is 44.9 Å². The van der Waals surface area contributed by atoms with E-state index >= 15 is 0 Å². The van der Waals surface area contributed by atoms with Crippen molar-refractivity contribution in [3.8, 4) is 0 Å². The molecule has 0 aliphatic rings. The van der Waals surface area contributed by atoms with Crippen LogP contribution in [0.15, 0.2) is 24.3 Å². The average molecular weight is 301 g/mol. The van der Waals surface area contributed by atoms with E-state index in [9.17, 15) is 4.79 Å². The van der Waals surface area contributed by atoms with Crippen LogP contribution in [0, 0.1) is 0 Å². The van der Waals surface area contributed by atoms with Crippen molar-refractivity contribution < 1.29 is 4.79 Å². The van der Waals surface area contributed by atoms with E-state index in [1.54, 1.807) is 0 Å². The summed E-state index contributed by atoms with van der Waals surface area (Å²) in [5.41, 5.74) is 1.11. The van der Waals surface area contributed by atoms with E-state index in [4.69, 9.17) is 23.2 Å². The molecule has 6 heteroatoms. The van der Waals surface area contributed by atoms with Crippen LogP contribution in [0.2, 0.25) is 10.2 Å². The van der Waals surface area contributed by atoms with E-state index in [0.717, 1.165) is 17.0 Å². The summed E-state index contributed by atoms with van der Waals surface area (Å²) in [6, 6.07) is 7.59. The molecule has 0 radical (unpaired) electrons. The minimum atomic E-state index is 0.257. The Morgan fingerprint density at radius 2 is 2.00 bits per heavy atom. The molecule has 3 nitrogen and oxygen atoms in total. The van der Waals surface area contributed by atoms with E-state index in [0.29, 0.717) is 16.4 Å². The van der Waals surface area contributed by atoms with Gasteiger partial charge in [-0.05, 0) is 17.7 Å². The van der Waals surface area contributed by atoms with Gasteiger partial charge < -0.3 is 4.90 Å². The predicted molar refractivity (Wildman–Crippen MR) is 76.1 cm³/mol. The maximum absolute atomic E-state index is 10.7. The first-order valence-corrected chi connectivity index (χ1v) is 6.74. The lowest BCUT2D eigenvalue weighted by Crippen LogP contribution is -2.15. The Morgan fingerprint density at radius 1 is 1.33 bits per heavy atom. The van der Waals surface area contributed by atoms with Crippen LogP contribution in [0.1, 0.15) is 15.2 Å². The van der Waals surface area contributed by atoms with Crippen LogP contribution in [0.3, 0.4) is 0 Å². The molecular weight excluding hydrogens is 291 g/mol. The third kappa shape index (κ3) is 3.02. The second-order valence-corrected chi connectivity index (χ2v) is 5.56. The van der Waals surface area contributed by atoms with Crippen molar-refractivity contribution in [2.24, 2.45) is 0 Å². The van der Waals surface area contributed by atoms with Gasteiger partial charge in [-0.15, -0.1) is 0 Å². The number of aromatic nitrogens is 1. The summed E-state index contributed by atoms with van der Waals surface area (Å²) in [6.07, 6.45) is 0.722. The third-order valence-electron chi connectivity index (χ3n) is 2.36. The van der Waals surface area contributed by atoms with Crippen LogP contribution >= 0.6 is 34.5 Å². The first kappa shape index (κ1) is 13.3. The van der Waals surface area contributed by atoms with Crippen LogP contribution in [-0.4, -0.2) is 18.3 Å². The van der Waals surface area contributed by atoms with E-state index in [2.05, 4.69) is 4.98 Å². The zero-order valence-corrected chi connectivity index (χ0v) is 11.9. The monoisotopic (exact) mass is 300 g/mol. The summed E-state index contributed by atoms with van der Waals surface area (Å²) in [5, 5.41) is 1.69. The fourth-order valence-corrected chi connectivity index (χ4v) is 2.62. The Labute approximate surface area is 119 Å². The molecule has 1 heterocycles. The third-order valence-corrected chi connectivity index (χ3v) is 4.11. The lowest BCUT2D eigenvalue weighted by Gasteiger charge is -2.15. The van der Waals surface area contributed by atoms with Gasteiger partial charge in [0.2, 0.25) is 0 Å². The minimum Gasteiger partial charge on any atom is -0.347 e. The van der Waals surface area contributed by atoms with Gasteiger partial charge in [0.25, 0.3) is 0 Å². The fourth-order valence-electron chi connectivity index (χ4n) is 1.47. The van der Waals surface area contributed by atoms with Gasteiger partial charge in [0.15, 0.2) is 16.6 Å². The van der Waals surface area contributed by atoms with Gasteiger partial charge in [0.1, 0.15) is 4.88 Å². The minimum absolute atomic E-state index is 0.257. The second kappa shape index (κ2) is 5.69. The van der Waals surface area contributed by atoms with Gasteiger partial charge in [-0.2, -0.15) is 0 Å². The van der Waals surface area contributed by atoms with Gasteiger partial charge in [-0.1, -0.05) is 46.7 Å². The quantitative estimate of drug-likeness (QED) is 0.803. The number of aldehydes is 1. The van der Waals surface area contributed by atoms with Crippen molar-refractivity contribution in [1.82, 2.24) is 4.98 Å². The lowest BCUT2D eigenvalue weighted by atomic mass is 10.2. The molecule has 0 spiro atoms. The highest BCUT2D eigenvalue weighted by Crippen LogP contribution is 2.28. The first-order valence-electron chi connectivity index (χ1n) is 5.17. The molecule has 0 amide bonds. The molecule has 0 bridgehead atoms. The predicted octanol–water partition coefficient (Wildman–Crippen LogP) is 3.90. The van der Waals surface area contributed by atoms with Crippen LogP contribution in [0.4, 0.5) is 5.13 Å². The molecule has 0 fully saturated rings. The number of hydrogen-bond acceptors (Lipinski definition) is 4. The highest BCUT2D eigenvalue weighted by atomic mass is 35.5. The van der Waals surface area contributed by atoms with Crippen LogP contribution in [-0.2, 0) is 6.54 Å². The summed E-state index contributed by atoms with van der Waals surface area (Å²) in [4.78, 5) is 17.3. The second-order valence-electron chi connectivity index (χ2n) is 3.75. The van der Waals surface area contributed by atoms with Crippen molar-refractivity contribution >= 4 is 46.0 Å².